The molecule has 0 atom stereocenters. The molecule has 5 heavy (non-hydrogen) atoms. The summed E-state index contributed by atoms with van der Waals surface area (Å²) in [5, 5.41) is 9.00. The van der Waals surface area contributed by atoms with Crippen molar-refractivity contribution >= 4 is 0 Å². The number of hydrogen-bond acceptors (Lipinski definition) is 3. The molecule has 0 aliphatic carbocycles. The first-order chi connectivity index (χ1) is 1.41. The molecule has 35 valence electrons. The fourth-order valence-corrected chi connectivity index (χ4v) is 0. The maximum atomic E-state index is 8.00. The Kier molecular flexibility index (Phi) is 112. The van der Waals surface area contributed by atoms with Crippen molar-refractivity contribution < 1.29 is 29.5 Å². The Morgan fingerprint density at radius 3 is 1.60 bits per heavy atom. The summed E-state index contributed by atoms with van der Waals surface area (Å²) < 4.78 is 0. The molecule has 0 fully saturated rings. The molecule has 0 aromatic heterocycles. The Balaban J connectivity index is -0.0000000200. The van der Waals surface area contributed by atoms with Crippen LogP contribution in [0.15, 0.2) is 5.34 Å². The van der Waals surface area contributed by atoms with Crippen LogP contribution in [-0.4, -0.2) is 0 Å². The van der Waals surface area contributed by atoms with Crippen molar-refractivity contribution in [2.45, 2.75) is 0 Å². The van der Waals surface area contributed by atoms with Crippen molar-refractivity contribution in [2.75, 3.05) is 0 Å². The van der Waals surface area contributed by atoms with Gasteiger partial charge in [-0.15, -0.1) is 5.34 Å². The third kappa shape index (κ3) is 468. The SMILES string of the molecule is O=N[O-].[Cl-].[Cu+2]. The van der Waals surface area contributed by atoms with Crippen molar-refractivity contribution in [1.29, 1.82) is 0 Å². The summed E-state index contributed by atoms with van der Waals surface area (Å²) in [6.07, 6.45) is 0. The van der Waals surface area contributed by atoms with Crippen LogP contribution in [0.1, 0.15) is 0 Å². The fraction of sp³-hybridized carbons (Fsp3) is 0. The van der Waals surface area contributed by atoms with Gasteiger partial charge in [-0.05, 0) is 0 Å². The van der Waals surface area contributed by atoms with E-state index in [1.807, 2.05) is 0 Å². The second-order valence-corrected chi connectivity index (χ2v) is 0.0745. The van der Waals surface area contributed by atoms with E-state index in [9.17, 15) is 0 Å². The van der Waals surface area contributed by atoms with Crippen molar-refractivity contribution in [2.24, 2.45) is 5.34 Å². The molecule has 1 radical (unpaired) electrons. The molecule has 0 heterocycles. The van der Waals surface area contributed by atoms with Gasteiger partial charge in [0.2, 0.25) is 0 Å². The molecule has 0 unspecified atom stereocenters. The summed E-state index contributed by atoms with van der Waals surface area (Å²) in [5.74, 6) is 0. The minimum absolute atomic E-state index is 0. The summed E-state index contributed by atoms with van der Waals surface area (Å²) in [6.45, 7) is 0. The summed E-state index contributed by atoms with van der Waals surface area (Å²) >= 11 is 0. The molecule has 0 aliphatic rings. The van der Waals surface area contributed by atoms with Crippen LogP contribution in [0.4, 0.5) is 0 Å². The van der Waals surface area contributed by atoms with Crippen molar-refractivity contribution in [1.82, 2.24) is 0 Å². The van der Waals surface area contributed by atoms with Gasteiger partial charge in [0.1, 0.15) is 0 Å². The third-order valence-corrected chi connectivity index (χ3v) is 0. The average Bonchev–Trinajstić information content (AvgIpc) is 0.918. The van der Waals surface area contributed by atoms with E-state index in [2.05, 4.69) is 0 Å². The van der Waals surface area contributed by atoms with Crippen molar-refractivity contribution in [3.05, 3.63) is 10.1 Å². The molecular weight excluding hydrogens is 145 g/mol. The largest absolute Gasteiger partial charge is 2.00 e. The molecule has 0 rings (SSSR count). The van der Waals surface area contributed by atoms with E-state index >= 15 is 0 Å². The van der Waals surface area contributed by atoms with E-state index in [4.69, 9.17) is 10.1 Å². The second-order valence-electron chi connectivity index (χ2n) is 0.0745. The molecule has 0 spiro atoms. The zero-order chi connectivity index (χ0) is 2.71. The molecule has 0 saturated carbocycles. The predicted molar refractivity (Wildman–Crippen MR) is 9.16 cm³/mol. The molecule has 0 aromatic rings. The fourth-order valence-electron chi connectivity index (χ4n) is 0. The summed E-state index contributed by atoms with van der Waals surface area (Å²) in [5.41, 5.74) is 0. The smallest absolute Gasteiger partial charge is 1.00 e. The van der Waals surface area contributed by atoms with Gasteiger partial charge < -0.3 is 22.5 Å². The van der Waals surface area contributed by atoms with Crippen LogP contribution in [-0.2, 0) is 17.1 Å². The average molecular weight is 145 g/mol. The Morgan fingerprint density at radius 2 is 1.60 bits per heavy atom. The van der Waals surface area contributed by atoms with Gasteiger partial charge in [-0.1, -0.05) is 0 Å². The van der Waals surface area contributed by atoms with Crippen molar-refractivity contribution in [3.8, 4) is 0 Å². The van der Waals surface area contributed by atoms with Crippen LogP contribution in [0.5, 0.6) is 0 Å². The number of halogens is 1. The predicted octanol–water partition coefficient (Wildman–Crippen LogP) is -2.75. The molecule has 3 nitrogen and oxygen atoms in total. The first-order valence-electron chi connectivity index (χ1n) is 0.365. The molecule has 0 aliphatic heterocycles. The van der Waals surface area contributed by atoms with Crippen LogP contribution in [0.3, 0.4) is 0 Å². The van der Waals surface area contributed by atoms with E-state index in [1.54, 1.807) is 0 Å². The molecular formula is ClCuNO2. The van der Waals surface area contributed by atoms with Crippen LogP contribution in [0.25, 0.3) is 0 Å². The second kappa shape index (κ2) is 29.6. The van der Waals surface area contributed by atoms with E-state index in [1.165, 1.54) is 0 Å². The normalized spacial score (nSPS) is 2.40. The van der Waals surface area contributed by atoms with E-state index in [0.29, 0.717) is 0 Å². The quantitative estimate of drug-likeness (QED) is 0.211. The zero-order valence-electron chi connectivity index (χ0n) is 1.94. The third-order valence-electron chi connectivity index (χ3n) is 0. The summed E-state index contributed by atoms with van der Waals surface area (Å²) in [6, 6.07) is 0. The van der Waals surface area contributed by atoms with Gasteiger partial charge in [0.25, 0.3) is 0 Å². The Morgan fingerprint density at radius 1 is 1.60 bits per heavy atom. The minimum Gasteiger partial charge on any atom is -1.00 e. The zero-order valence-corrected chi connectivity index (χ0v) is 3.64. The van der Waals surface area contributed by atoms with Crippen LogP contribution in [0.2, 0.25) is 0 Å². The maximum absolute atomic E-state index is 8.00. The van der Waals surface area contributed by atoms with E-state index < -0.39 is 0 Å². The van der Waals surface area contributed by atoms with Gasteiger partial charge in [-0.25, -0.2) is 0 Å². The Bertz CT molecular complexity index is 17.1. The summed E-state index contributed by atoms with van der Waals surface area (Å²) in [7, 11) is 0. The van der Waals surface area contributed by atoms with Gasteiger partial charge in [0.15, 0.2) is 0 Å². The van der Waals surface area contributed by atoms with Crippen LogP contribution in [0, 0.1) is 10.1 Å². The van der Waals surface area contributed by atoms with Crippen molar-refractivity contribution in [3.63, 3.8) is 0 Å². The van der Waals surface area contributed by atoms with Gasteiger partial charge in [-0.3, -0.25) is 0 Å². The Hall–Kier alpha value is 0.209. The number of rotatable bonds is 0. The maximum Gasteiger partial charge on any atom is 2.00 e. The molecule has 5 heteroatoms. The first-order valence-corrected chi connectivity index (χ1v) is 0.365. The minimum atomic E-state index is 0. The standard InChI is InChI=1S/ClH.Cu.HNO2/c;;2-1-3/h1H;;(H,2,3)/q;+2;/p-2. The Labute approximate surface area is 45.6 Å². The van der Waals surface area contributed by atoms with Gasteiger partial charge in [0, 0.05) is 0 Å². The van der Waals surface area contributed by atoms with E-state index in [0.717, 1.165) is 5.34 Å². The van der Waals surface area contributed by atoms with E-state index in [-0.39, 0.29) is 29.5 Å². The number of hydrogen-bond donors (Lipinski definition) is 0. The van der Waals surface area contributed by atoms with Gasteiger partial charge in [-0.2, -0.15) is 0 Å². The summed E-state index contributed by atoms with van der Waals surface area (Å²) in [4.78, 5) is 8.00. The molecule has 0 bridgehead atoms. The van der Waals surface area contributed by atoms with Gasteiger partial charge >= 0.3 is 17.1 Å². The monoisotopic (exact) mass is 144 g/mol. The van der Waals surface area contributed by atoms with Crippen LogP contribution >= 0.6 is 0 Å². The molecule has 0 aromatic carbocycles. The first kappa shape index (κ1) is 18.9. The van der Waals surface area contributed by atoms with Gasteiger partial charge in [0.05, 0.1) is 0 Å². The number of nitrogens with zero attached hydrogens (tertiary/aromatic N) is 1. The topological polar surface area (TPSA) is 52.5 Å². The van der Waals surface area contributed by atoms with Crippen LogP contribution < -0.4 is 12.4 Å². The molecule has 0 amide bonds. The molecule has 0 saturated heterocycles. The molecule has 0 N–H and O–H groups in total.